The van der Waals surface area contributed by atoms with E-state index in [1.165, 1.54) is 25.1 Å². The molecule has 0 aliphatic rings. The molecule has 2 aromatic carbocycles. The van der Waals surface area contributed by atoms with Crippen molar-refractivity contribution in [2.75, 3.05) is 5.32 Å². The van der Waals surface area contributed by atoms with Gasteiger partial charge in [-0.2, -0.15) is 0 Å². The maximum Gasteiger partial charge on any atom is 0.340 e. The summed E-state index contributed by atoms with van der Waals surface area (Å²) in [6.45, 7) is 5.76. The van der Waals surface area contributed by atoms with Crippen LogP contribution in [0.2, 0.25) is 0 Å². The van der Waals surface area contributed by atoms with Crippen molar-refractivity contribution in [3.8, 4) is 0 Å². The molecule has 1 N–H and O–H groups in total. The number of amides is 1. The number of benzene rings is 2. The lowest BCUT2D eigenvalue weighted by molar-refractivity contribution is -0.383. The molecule has 1 aromatic heterocycles. The van der Waals surface area contributed by atoms with Gasteiger partial charge >= 0.3 is 5.97 Å². The van der Waals surface area contributed by atoms with Crippen LogP contribution in [0.25, 0.3) is 0 Å². The lowest BCUT2D eigenvalue weighted by Gasteiger charge is -2.14. The van der Waals surface area contributed by atoms with E-state index in [9.17, 15) is 19.7 Å². The molecule has 1 heterocycles. The van der Waals surface area contributed by atoms with E-state index in [1.807, 2.05) is 48.7 Å². The molecule has 160 valence electrons. The van der Waals surface area contributed by atoms with Crippen LogP contribution < -0.4 is 5.32 Å². The molecule has 1 amide bonds. The number of para-hydroxylation sites is 2. The van der Waals surface area contributed by atoms with Gasteiger partial charge in [0.1, 0.15) is 5.69 Å². The van der Waals surface area contributed by atoms with Crippen molar-refractivity contribution in [3.63, 3.8) is 0 Å². The zero-order chi connectivity index (χ0) is 22.5. The number of carbonyl (C=O) groups is 2. The third kappa shape index (κ3) is 4.98. The molecule has 0 bridgehead atoms. The number of hydrogen-bond acceptors (Lipinski definition) is 5. The highest BCUT2D eigenvalue weighted by atomic mass is 16.6. The Balaban J connectivity index is 1.71. The molecule has 8 nitrogen and oxygen atoms in total. The van der Waals surface area contributed by atoms with E-state index in [-0.39, 0.29) is 11.4 Å². The predicted octanol–water partition coefficient (Wildman–Crippen LogP) is 4.25. The molecule has 0 unspecified atom stereocenters. The van der Waals surface area contributed by atoms with Crippen molar-refractivity contribution in [2.24, 2.45) is 0 Å². The monoisotopic (exact) mass is 421 g/mol. The van der Waals surface area contributed by atoms with Crippen molar-refractivity contribution < 1.29 is 19.2 Å². The number of nitro benzene ring substituents is 1. The number of carbonyl (C=O) groups excluding carboxylic acids is 2. The molecule has 0 aliphatic heterocycles. The van der Waals surface area contributed by atoms with Gasteiger partial charge in [-0.15, -0.1) is 0 Å². The first-order chi connectivity index (χ1) is 14.8. The van der Waals surface area contributed by atoms with Crippen molar-refractivity contribution in [3.05, 3.63) is 93.3 Å². The van der Waals surface area contributed by atoms with Gasteiger partial charge in [0.25, 0.3) is 11.6 Å². The second-order valence-corrected chi connectivity index (χ2v) is 7.17. The first-order valence-electron chi connectivity index (χ1n) is 9.74. The second-order valence-electron chi connectivity index (χ2n) is 7.17. The molecule has 31 heavy (non-hydrogen) atoms. The number of esters is 1. The Morgan fingerprint density at radius 3 is 2.42 bits per heavy atom. The van der Waals surface area contributed by atoms with Gasteiger partial charge < -0.3 is 14.6 Å². The third-order valence-corrected chi connectivity index (χ3v) is 4.99. The smallest absolute Gasteiger partial charge is 0.340 e. The Morgan fingerprint density at radius 1 is 1.10 bits per heavy atom. The minimum Gasteiger partial charge on any atom is -0.449 e. The summed E-state index contributed by atoms with van der Waals surface area (Å²) in [7, 11) is 0. The fourth-order valence-corrected chi connectivity index (χ4v) is 3.27. The second kappa shape index (κ2) is 9.25. The fraction of sp³-hybridized carbons (Fsp3) is 0.217. The van der Waals surface area contributed by atoms with Gasteiger partial charge in [0.15, 0.2) is 6.10 Å². The van der Waals surface area contributed by atoms with Crippen LogP contribution in [0.3, 0.4) is 0 Å². The highest BCUT2D eigenvalue weighted by molar-refractivity contribution is 5.99. The Labute approximate surface area is 179 Å². The minimum atomic E-state index is -1.13. The van der Waals surface area contributed by atoms with Crippen LogP contribution in [-0.2, 0) is 16.1 Å². The van der Waals surface area contributed by atoms with Gasteiger partial charge in [-0.25, -0.2) is 4.79 Å². The van der Waals surface area contributed by atoms with Gasteiger partial charge in [0.05, 0.1) is 10.5 Å². The van der Waals surface area contributed by atoms with Gasteiger partial charge in [-0.3, -0.25) is 14.9 Å². The first kappa shape index (κ1) is 21.8. The van der Waals surface area contributed by atoms with Crippen molar-refractivity contribution >= 4 is 23.3 Å². The standard InChI is InChI=1S/C23H23N3O5/c1-15-13-19(16(2)25(15)14-18-9-5-4-6-10-18)23(28)31-17(3)22(27)24-20-11-7-8-12-21(20)26(29)30/h4-13,17H,14H2,1-3H3,(H,24,27)/t17-/m1/s1. The average Bonchev–Trinajstić information content (AvgIpc) is 3.03. The first-order valence-corrected chi connectivity index (χ1v) is 9.74. The number of ether oxygens (including phenoxy) is 1. The number of rotatable bonds is 7. The zero-order valence-electron chi connectivity index (χ0n) is 17.5. The summed E-state index contributed by atoms with van der Waals surface area (Å²) in [5.74, 6) is -1.28. The Hall–Kier alpha value is -3.94. The number of aromatic nitrogens is 1. The summed E-state index contributed by atoms with van der Waals surface area (Å²) in [4.78, 5) is 35.7. The maximum atomic E-state index is 12.7. The van der Waals surface area contributed by atoms with E-state index in [2.05, 4.69) is 5.32 Å². The van der Waals surface area contributed by atoms with Gasteiger partial charge in [0.2, 0.25) is 0 Å². The van der Waals surface area contributed by atoms with Crippen LogP contribution >= 0.6 is 0 Å². The van der Waals surface area contributed by atoms with Crippen LogP contribution in [0.5, 0.6) is 0 Å². The molecule has 0 spiro atoms. The molecule has 3 rings (SSSR count). The summed E-state index contributed by atoms with van der Waals surface area (Å²) in [5.41, 5.74) is 2.91. The number of nitro groups is 1. The molecule has 0 fully saturated rings. The summed E-state index contributed by atoms with van der Waals surface area (Å²) in [6, 6.07) is 17.4. The van der Waals surface area contributed by atoms with Gasteiger partial charge in [-0.1, -0.05) is 42.5 Å². The number of hydrogen-bond donors (Lipinski definition) is 1. The van der Waals surface area contributed by atoms with E-state index in [0.717, 1.165) is 17.0 Å². The van der Waals surface area contributed by atoms with Crippen LogP contribution in [0.1, 0.15) is 34.2 Å². The lowest BCUT2D eigenvalue weighted by atomic mass is 10.2. The average molecular weight is 421 g/mol. The summed E-state index contributed by atoms with van der Waals surface area (Å²) < 4.78 is 7.34. The molecule has 0 aliphatic carbocycles. The molecule has 0 saturated heterocycles. The Morgan fingerprint density at radius 2 is 1.74 bits per heavy atom. The quantitative estimate of drug-likeness (QED) is 0.349. The normalized spacial score (nSPS) is 11.6. The van der Waals surface area contributed by atoms with Gasteiger partial charge in [0, 0.05) is 24.0 Å². The number of anilines is 1. The van der Waals surface area contributed by atoms with E-state index < -0.39 is 22.9 Å². The van der Waals surface area contributed by atoms with Crippen molar-refractivity contribution in [1.82, 2.24) is 4.57 Å². The van der Waals surface area contributed by atoms with E-state index in [4.69, 9.17) is 4.74 Å². The van der Waals surface area contributed by atoms with Crippen LogP contribution in [-0.4, -0.2) is 27.5 Å². The van der Waals surface area contributed by atoms with E-state index in [1.54, 1.807) is 12.1 Å². The number of nitrogens with one attached hydrogen (secondary N) is 1. The van der Waals surface area contributed by atoms with E-state index in [0.29, 0.717) is 12.1 Å². The van der Waals surface area contributed by atoms with Crippen LogP contribution in [0, 0.1) is 24.0 Å². The van der Waals surface area contributed by atoms with Crippen molar-refractivity contribution in [2.45, 2.75) is 33.4 Å². The molecule has 3 aromatic rings. The van der Waals surface area contributed by atoms with E-state index >= 15 is 0 Å². The summed E-state index contributed by atoms with van der Waals surface area (Å²) in [5, 5.41) is 13.6. The van der Waals surface area contributed by atoms with Crippen LogP contribution in [0.15, 0.2) is 60.7 Å². The van der Waals surface area contributed by atoms with Crippen LogP contribution in [0.4, 0.5) is 11.4 Å². The third-order valence-electron chi connectivity index (χ3n) is 4.99. The molecule has 0 radical (unpaired) electrons. The SMILES string of the molecule is Cc1cc(C(=O)O[C@H](C)C(=O)Nc2ccccc2[N+](=O)[O-])c(C)n1Cc1ccccc1. The molecule has 8 heteroatoms. The zero-order valence-corrected chi connectivity index (χ0v) is 17.5. The maximum absolute atomic E-state index is 12.7. The largest absolute Gasteiger partial charge is 0.449 e. The fourth-order valence-electron chi connectivity index (χ4n) is 3.27. The highest BCUT2D eigenvalue weighted by Gasteiger charge is 2.24. The Bertz CT molecular complexity index is 1120. The topological polar surface area (TPSA) is 103 Å². The highest BCUT2D eigenvalue weighted by Crippen LogP contribution is 2.24. The van der Waals surface area contributed by atoms with Crippen molar-refractivity contribution in [1.29, 1.82) is 0 Å². The van der Waals surface area contributed by atoms with Gasteiger partial charge in [-0.05, 0) is 38.5 Å². The predicted molar refractivity (Wildman–Crippen MR) is 116 cm³/mol. The molecule has 0 saturated carbocycles. The lowest BCUT2D eigenvalue weighted by Crippen LogP contribution is -2.30. The molecular formula is C23H23N3O5. The summed E-state index contributed by atoms with van der Waals surface area (Å²) >= 11 is 0. The minimum absolute atomic E-state index is 0.0430. The Kier molecular flexibility index (Phi) is 6.49. The number of nitrogens with zero attached hydrogens (tertiary/aromatic N) is 2. The summed E-state index contributed by atoms with van der Waals surface area (Å²) in [6.07, 6.45) is -1.13. The molecule has 1 atom stereocenters. The number of aryl methyl sites for hydroxylation is 1. The molecular weight excluding hydrogens is 398 g/mol.